The fourth-order valence-electron chi connectivity index (χ4n) is 2.44. The molecule has 0 bridgehead atoms. The van der Waals surface area contributed by atoms with E-state index in [0.717, 1.165) is 50.9 Å². The summed E-state index contributed by atoms with van der Waals surface area (Å²) in [6, 6.07) is 8.42. The van der Waals surface area contributed by atoms with Crippen LogP contribution in [0.3, 0.4) is 0 Å². The van der Waals surface area contributed by atoms with E-state index in [1.165, 1.54) is 5.56 Å². The van der Waals surface area contributed by atoms with Gasteiger partial charge in [0.1, 0.15) is 11.5 Å². The van der Waals surface area contributed by atoms with E-state index in [0.29, 0.717) is 11.7 Å². The third kappa shape index (κ3) is 3.59. The normalized spacial score (nSPS) is 16.8. The van der Waals surface area contributed by atoms with Crippen LogP contribution in [0.25, 0.3) is 0 Å². The van der Waals surface area contributed by atoms with Crippen LogP contribution >= 0.6 is 0 Å². The van der Waals surface area contributed by atoms with Crippen molar-refractivity contribution < 1.29 is 9.53 Å². The average Bonchev–Trinajstić information content (AvgIpc) is 2.41. The van der Waals surface area contributed by atoms with Gasteiger partial charge in [0.2, 0.25) is 0 Å². The lowest BCUT2D eigenvalue weighted by Gasteiger charge is -2.21. The molecule has 1 saturated carbocycles. The SMILES string of the molecule is CCCCOc1ccc(C2CCC(=O)CC2)cc1. The number of hydrogen-bond acceptors (Lipinski definition) is 2. The summed E-state index contributed by atoms with van der Waals surface area (Å²) in [6.07, 6.45) is 5.78. The number of hydrogen-bond donors (Lipinski definition) is 0. The Morgan fingerprint density at radius 1 is 1.17 bits per heavy atom. The van der Waals surface area contributed by atoms with Crippen molar-refractivity contribution in [3.63, 3.8) is 0 Å². The minimum Gasteiger partial charge on any atom is -0.494 e. The summed E-state index contributed by atoms with van der Waals surface area (Å²) in [5, 5.41) is 0. The van der Waals surface area contributed by atoms with Gasteiger partial charge < -0.3 is 4.74 Å². The number of rotatable bonds is 5. The summed E-state index contributed by atoms with van der Waals surface area (Å²) in [5.74, 6) is 1.94. The number of carbonyl (C=O) groups excluding carboxylic acids is 1. The Hall–Kier alpha value is -1.31. The molecule has 18 heavy (non-hydrogen) atoms. The van der Waals surface area contributed by atoms with E-state index in [9.17, 15) is 4.79 Å². The zero-order valence-corrected chi connectivity index (χ0v) is 11.2. The molecule has 0 atom stereocenters. The summed E-state index contributed by atoms with van der Waals surface area (Å²) in [6.45, 7) is 2.96. The molecule has 98 valence electrons. The predicted molar refractivity (Wildman–Crippen MR) is 73.1 cm³/mol. The molecule has 1 aromatic rings. The van der Waals surface area contributed by atoms with Crippen LogP contribution in [-0.4, -0.2) is 12.4 Å². The highest BCUT2D eigenvalue weighted by Crippen LogP contribution is 2.31. The highest BCUT2D eigenvalue weighted by atomic mass is 16.5. The van der Waals surface area contributed by atoms with E-state index in [1.807, 2.05) is 0 Å². The van der Waals surface area contributed by atoms with Crippen LogP contribution < -0.4 is 4.74 Å². The Kier molecular flexibility index (Phi) is 4.80. The smallest absolute Gasteiger partial charge is 0.132 e. The minimum absolute atomic E-state index is 0.422. The number of Topliss-reactive ketones (excluding diaryl/α,β-unsaturated/α-hetero) is 1. The Labute approximate surface area is 109 Å². The van der Waals surface area contributed by atoms with Gasteiger partial charge in [0, 0.05) is 12.8 Å². The Bertz CT molecular complexity index is 371. The fraction of sp³-hybridized carbons (Fsp3) is 0.562. The van der Waals surface area contributed by atoms with Gasteiger partial charge in [-0.05, 0) is 42.9 Å². The second kappa shape index (κ2) is 6.58. The summed E-state index contributed by atoms with van der Waals surface area (Å²) in [5.41, 5.74) is 1.35. The molecule has 0 heterocycles. The number of carbonyl (C=O) groups is 1. The van der Waals surface area contributed by atoms with Crippen LogP contribution in [0.1, 0.15) is 56.9 Å². The largest absolute Gasteiger partial charge is 0.494 e. The maximum atomic E-state index is 11.2. The van der Waals surface area contributed by atoms with E-state index in [2.05, 4.69) is 31.2 Å². The lowest BCUT2D eigenvalue weighted by Crippen LogP contribution is -2.12. The van der Waals surface area contributed by atoms with Crippen molar-refractivity contribution in [2.75, 3.05) is 6.61 Å². The highest BCUT2D eigenvalue weighted by molar-refractivity contribution is 5.79. The molecule has 0 aromatic heterocycles. The third-order valence-corrected chi connectivity index (χ3v) is 3.66. The van der Waals surface area contributed by atoms with Gasteiger partial charge in [0.05, 0.1) is 6.61 Å². The number of ether oxygens (including phenoxy) is 1. The fourth-order valence-corrected chi connectivity index (χ4v) is 2.44. The van der Waals surface area contributed by atoms with E-state index in [-0.39, 0.29) is 0 Å². The zero-order valence-electron chi connectivity index (χ0n) is 11.2. The van der Waals surface area contributed by atoms with E-state index >= 15 is 0 Å². The minimum atomic E-state index is 0.422. The molecule has 2 heteroatoms. The third-order valence-electron chi connectivity index (χ3n) is 3.66. The van der Waals surface area contributed by atoms with Gasteiger partial charge in [-0.25, -0.2) is 0 Å². The molecule has 2 rings (SSSR count). The van der Waals surface area contributed by atoms with E-state index in [4.69, 9.17) is 4.74 Å². The molecule has 0 saturated heterocycles. The molecule has 0 amide bonds. The van der Waals surface area contributed by atoms with Crippen LogP contribution in [-0.2, 0) is 4.79 Å². The van der Waals surface area contributed by atoms with E-state index < -0.39 is 0 Å². The maximum Gasteiger partial charge on any atom is 0.132 e. The molecule has 0 radical (unpaired) electrons. The van der Waals surface area contributed by atoms with Crippen LogP contribution in [0.2, 0.25) is 0 Å². The van der Waals surface area contributed by atoms with Gasteiger partial charge in [-0.15, -0.1) is 0 Å². The lowest BCUT2D eigenvalue weighted by molar-refractivity contribution is -0.120. The number of benzene rings is 1. The van der Waals surface area contributed by atoms with Crippen LogP contribution in [0.4, 0.5) is 0 Å². The molecule has 0 aliphatic heterocycles. The van der Waals surface area contributed by atoms with Gasteiger partial charge in [-0.2, -0.15) is 0 Å². The van der Waals surface area contributed by atoms with Crippen molar-refractivity contribution in [1.82, 2.24) is 0 Å². The Morgan fingerprint density at radius 2 is 1.83 bits per heavy atom. The highest BCUT2D eigenvalue weighted by Gasteiger charge is 2.19. The summed E-state index contributed by atoms with van der Waals surface area (Å²) in [7, 11) is 0. The predicted octanol–water partition coefficient (Wildman–Crippen LogP) is 4.09. The molecule has 1 aliphatic carbocycles. The molecule has 1 aliphatic rings. The van der Waals surface area contributed by atoms with Crippen molar-refractivity contribution in [3.8, 4) is 5.75 Å². The lowest BCUT2D eigenvalue weighted by atomic mass is 9.83. The maximum absolute atomic E-state index is 11.2. The molecule has 1 fully saturated rings. The molecular formula is C16H22O2. The molecule has 1 aromatic carbocycles. The topological polar surface area (TPSA) is 26.3 Å². The zero-order chi connectivity index (χ0) is 12.8. The van der Waals surface area contributed by atoms with Crippen molar-refractivity contribution >= 4 is 5.78 Å². The van der Waals surface area contributed by atoms with Crippen molar-refractivity contribution in [2.45, 2.75) is 51.4 Å². The average molecular weight is 246 g/mol. The van der Waals surface area contributed by atoms with Gasteiger partial charge in [-0.1, -0.05) is 25.5 Å². The second-order valence-corrected chi connectivity index (χ2v) is 5.08. The second-order valence-electron chi connectivity index (χ2n) is 5.08. The summed E-state index contributed by atoms with van der Waals surface area (Å²) in [4.78, 5) is 11.2. The van der Waals surface area contributed by atoms with Gasteiger partial charge in [0.25, 0.3) is 0 Å². The van der Waals surface area contributed by atoms with Crippen LogP contribution in [0.15, 0.2) is 24.3 Å². The van der Waals surface area contributed by atoms with E-state index in [1.54, 1.807) is 0 Å². The van der Waals surface area contributed by atoms with Gasteiger partial charge in [-0.3, -0.25) is 4.79 Å². The van der Waals surface area contributed by atoms with Crippen molar-refractivity contribution in [1.29, 1.82) is 0 Å². The van der Waals surface area contributed by atoms with Gasteiger partial charge >= 0.3 is 0 Å². The standard InChI is InChI=1S/C16H22O2/c1-2-3-12-18-16-10-6-14(7-11-16)13-4-8-15(17)9-5-13/h6-7,10-11,13H,2-5,8-9,12H2,1H3. The summed E-state index contributed by atoms with van der Waals surface area (Å²) >= 11 is 0. The van der Waals surface area contributed by atoms with Crippen LogP contribution in [0, 0.1) is 0 Å². The molecule has 0 unspecified atom stereocenters. The summed E-state index contributed by atoms with van der Waals surface area (Å²) < 4.78 is 5.65. The first-order chi connectivity index (χ1) is 8.79. The molecular weight excluding hydrogens is 224 g/mol. The number of ketones is 1. The van der Waals surface area contributed by atoms with Crippen LogP contribution in [0.5, 0.6) is 5.75 Å². The number of unbranched alkanes of at least 4 members (excludes halogenated alkanes) is 1. The first kappa shape index (κ1) is 13.1. The molecule has 0 spiro atoms. The first-order valence-corrected chi connectivity index (χ1v) is 7.04. The molecule has 0 N–H and O–H groups in total. The van der Waals surface area contributed by atoms with Crippen molar-refractivity contribution in [3.05, 3.63) is 29.8 Å². The molecule has 2 nitrogen and oxygen atoms in total. The van der Waals surface area contributed by atoms with Crippen molar-refractivity contribution in [2.24, 2.45) is 0 Å². The Balaban J connectivity index is 1.89. The monoisotopic (exact) mass is 246 g/mol. The van der Waals surface area contributed by atoms with Gasteiger partial charge in [0.15, 0.2) is 0 Å². The Morgan fingerprint density at radius 3 is 2.44 bits per heavy atom. The quantitative estimate of drug-likeness (QED) is 0.731. The first-order valence-electron chi connectivity index (χ1n) is 7.04.